The van der Waals surface area contributed by atoms with Crippen LogP contribution in [-0.2, 0) is 31.3 Å². The number of hydrogen-bond acceptors (Lipinski definition) is 6. The molecule has 0 aromatic heterocycles. The number of fused-ring (bicyclic) bond motifs is 2. The zero-order valence-electron chi connectivity index (χ0n) is 26.0. The van der Waals surface area contributed by atoms with Crippen LogP contribution in [0.3, 0.4) is 0 Å². The number of aliphatic hydroxyl groups excluding tert-OH is 1. The first kappa shape index (κ1) is 32.3. The first-order valence-electron chi connectivity index (χ1n) is 16.0. The van der Waals surface area contributed by atoms with E-state index in [1.54, 1.807) is 22.9 Å². The summed E-state index contributed by atoms with van der Waals surface area (Å²) in [5.74, 6) is -1.05. The van der Waals surface area contributed by atoms with E-state index in [1.807, 2.05) is 49.4 Å². The van der Waals surface area contributed by atoms with Crippen molar-refractivity contribution in [3.05, 3.63) is 58.1 Å². The number of benzene rings is 2. The van der Waals surface area contributed by atoms with Crippen LogP contribution in [0.4, 0.5) is 15.5 Å². The molecule has 0 aliphatic carbocycles. The molecule has 4 aliphatic rings. The average Bonchev–Trinajstić information content (AvgIpc) is 3.78. The van der Waals surface area contributed by atoms with Gasteiger partial charge in [0.15, 0.2) is 5.60 Å². The molecule has 2 aromatic carbocycles. The van der Waals surface area contributed by atoms with E-state index in [0.717, 1.165) is 42.3 Å². The van der Waals surface area contributed by atoms with Gasteiger partial charge in [-0.05, 0) is 81.2 Å². The summed E-state index contributed by atoms with van der Waals surface area (Å²) in [7, 11) is -3.44. The van der Waals surface area contributed by atoms with Crippen molar-refractivity contribution in [1.82, 2.24) is 10.2 Å². The SMILES string of the molecule is C[C@H]1[C@H]([Si](C)(C)F)[C@@H](CC(=O)N2CCC[C@H]2CO)O[C@]12C(=O)N(Cc1cccc(NC(=O)[C@H]3CCCN3)c1)c1ccc(Br)cc12. The van der Waals surface area contributed by atoms with Crippen molar-refractivity contribution in [2.24, 2.45) is 5.92 Å². The number of carbonyl (C=O) groups excluding carboxylic acids is 3. The zero-order chi connectivity index (χ0) is 32.1. The Balaban J connectivity index is 1.31. The van der Waals surface area contributed by atoms with E-state index >= 15 is 4.11 Å². The minimum absolute atomic E-state index is 0.0399. The van der Waals surface area contributed by atoms with Crippen LogP contribution in [0.1, 0.15) is 50.2 Å². The second-order valence-corrected chi connectivity index (χ2v) is 18.1. The van der Waals surface area contributed by atoms with E-state index in [9.17, 15) is 19.5 Å². The molecule has 1 spiro atoms. The maximum atomic E-state index is 16.2. The van der Waals surface area contributed by atoms with Crippen LogP contribution in [0.15, 0.2) is 46.9 Å². The normalized spacial score (nSPS) is 29.6. The lowest BCUT2D eigenvalue weighted by Crippen LogP contribution is -2.45. The van der Waals surface area contributed by atoms with Crippen LogP contribution in [0, 0.1) is 5.92 Å². The van der Waals surface area contributed by atoms with Crippen LogP contribution in [0.25, 0.3) is 0 Å². The fourth-order valence-corrected chi connectivity index (χ4v) is 10.9. The van der Waals surface area contributed by atoms with Crippen LogP contribution in [0.2, 0.25) is 18.6 Å². The number of halogens is 2. The van der Waals surface area contributed by atoms with Crippen molar-refractivity contribution in [1.29, 1.82) is 0 Å². The molecule has 12 heteroatoms. The van der Waals surface area contributed by atoms with Gasteiger partial charge in [0.25, 0.3) is 5.91 Å². The van der Waals surface area contributed by atoms with Crippen molar-refractivity contribution < 1.29 is 28.3 Å². The van der Waals surface area contributed by atoms with E-state index in [1.165, 1.54) is 0 Å². The second-order valence-electron chi connectivity index (χ2n) is 13.4. The monoisotopic (exact) mass is 700 g/mol. The van der Waals surface area contributed by atoms with Gasteiger partial charge in [-0.25, -0.2) is 0 Å². The summed E-state index contributed by atoms with van der Waals surface area (Å²) < 4.78 is 23.7. The van der Waals surface area contributed by atoms with Gasteiger partial charge in [0.05, 0.1) is 43.4 Å². The lowest BCUT2D eigenvalue weighted by molar-refractivity contribution is -0.150. The molecule has 0 saturated carbocycles. The molecule has 6 atom stereocenters. The molecule has 9 nitrogen and oxygen atoms in total. The fourth-order valence-electron chi connectivity index (χ4n) is 8.09. The predicted octanol–water partition coefficient (Wildman–Crippen LogP) is 4.83. The second kappa shape index (κ2) is 12.5. The summed E-state index contributed by atoms with van der Waals surface area (Å²) in [5.41, 5.74) is 0.773. The number of nitrogens with one attached hydrogen (secondary N) is 2. The van der Waals surface area contributed by atoms with E-state index < -0.39 is 31.6 Å². The molecule has 3 N–H and O–H groups in total. The summed E-state index contributed by atoms with van der Waals surface area (Å²) >= 11 is 3.57. The summed E-state index contributed by atoms with van der Waals surface area (Å²) in [5, 5.41) is 16.0. The molecule has 6 rings (SSSR count). The molecule has 3 saturated heterocycles. The van der Waals surface area contributed by atoms with Crippen LogP contribution < -0.4 is 15.5 Å². The molecule has 242 valence electrons. The van der Waals surface area contributed by atoms with Crippen molar-refractivity contribution in [3.8, 4) is 0 Å². The van der Waals surface area contributed by atoms with Crippen molar-refractivity contribution >= 4 is 53.4 Å². The van der Waals surface area contributed by atoms with E-state index in [2.05, 4.69) is 26.6 Å². The standard InChI is InChI=1S/C33H42BrFN4O5Si/c1-20-30(45(2,3)35)28(17-29(41)38-14-6-9-24(38)19-40)44-33(20)25-16-22(34)11-12-27(25)39(32(33)43)18-21-7-4-8-23(15-21)37-31(42)26-10-5-13-36-26/h4,7-8,11-12,15-16,20,24,26,28,30,36,40H,5-6,9-10,13-14,17-19H2,1-3H3,(H,37,42)/t20-,24-,26+,28+,30-,33+/m0/s1. The Kier molecular flexibility index (Phi) is 8.99. The smallest absolute Gasteiger partial charge is 0.264 e. The van der Waals surface area contributed by atoms with E-state index in [0.29, 0.717) is 23.5 Å². The average molecular weight is 702 g/mol. The van der Waals surface area contributed by atoms with Crippen LogP contribution in [-0.4, -0.2) is 74.0 Å². The van der Waals surface area contributed by atoms with Gasteiger partial charge in [-0.1, -0.05) is 35.0 Å². The van der Waals surface area contributed by atoms with Gasteiger partial charge in [0.1, 0.15) is 0 Å². The Hall–Kier alpha value is -2.64. The largest absolute Gasteiger partial charge is 0.394 e. The highest BCUT2D eigenvalue weighted by molar-refractivity contribution is 9.10. The molecule has 0 bridgehead atoms. The molecule has 3 fully saturated rings. The molecule has 0 unspecified atom stereocenters. The maximum absolute atomic E-state index is 16.2. The number of carbonyl (C=O) groups is 3. The minimum Gasteiger partial charge on any atom is -0.394 e. The van der Waals surface area contributed by atoms with Crippen LogP contribution in [0.5, 0.6) is 0 Å². The highest BCUT2D eigenvalue weighted by Gasteiger charge is 2.67. The van der Waals surface area contributed by atoms with Gasteiger partial charge in [-0.2, -0.15) is 0 Å². The number of amides is 3. The highest BCUT2D eigenvalue weighted by Crippen LogP contribution is 2.60. The third kappa shape index (κ3) is 5.88. The summed E-state index contributed by atoms with van der Waals surface area (Å²) in [4.78, 5) is 44.3. The first-order chi connectivity index (χ1) is 21.4. The number of aliphatic hydroxyl groups is 1. The highest BCUT2D eigenvalue weighted by atomic mass is 79.9. The molecule has 4 heterocycles. The van der Waals surface area contributed by atoms with Gasteiger partial charge in [0.2, 0.25) is 20.2 Å². The van der Waals surface area contributed by atoms with Gasteiger partial charge in [0, 0.05) is 33.7 Å². The Morgan fingerprint density at radius 1 is 1.20 bits per heavy atom. The minimum atomic E-state index is -3.44. The molecule has 2 aromatic rings. The number of hydrogen-bond donors (Lipinski definition) is 3. The zero-order valence-corrected chi connectivity index (χ0v) is 28.6. The number of ether oxygens (including phenoxy) is 1. The number of rotatable bonds is 8. The maximum Gasteiger partial charge on any atom is 0.264 e. The van der Waals surface area contributed by atoms with Crippen molar-refractivity contribution in [3.63, 3.8) is 0 Å². The van der Waals surface area contributed by atoms with Gasteiger partial charge >= 0.3 is 0 Å². The summed E-state index contributed by atoms with van der Waals surface area (Å²) in [6.45, 7) is 6.63. The Labute approximate surface area is 273 Å². The van der Waals surface area contributed by atoms with E-state index in [4.69, 9.17) is 4.74 Å². The Morgan fingerprint density at radius 3 is 2.71 bits per heavy atom. The quantitative estimate of drug-likeness (QED) is 0.269. The predicted molar refractivity (Wildman–Crippen MR) is 176 cm³/mol. The molecule has 4 aliphatic heterocycles. The molecular formula is C33H42BrFN4O5Si. The first-order valence-corrected chi connectivity index (χ1v) is 19.7. The molecule has 0 radical (unpaired) electrons. The lowest BCUT2D eigenvalue weighted by Gasteiger charge is -2.31. The van der Waals surface area contributed by atoms with Crippen LogP contribution >= 0.6 is 15.9 Å². The lowest BCUT2D eigenvalue weighted by atomic mass is 9.82. The van der Waals surface area contributed by atoms with Gasteiger partial charge in [-0.15, -0.1) is 0 Å². The van der Waals surface area contributed by atoms with Crippen molar-refractivity contribution in [2.45, 2.75) is 88.0 Å². The van der Waals surface area contributed by atoms with Gasteiger partial charge in [-0.3, -0.25) is 14.4 Å². The van der Waals surface area contributed by atoms with Gasteiger partial charge < -0.3 is 34.4 Å². The Bertz CT molecular complexity index is 1480. The Morgan fingerprint density at radius 2 is 2.00 bits per heavy atom. The third-order valence-electron chi connectivity index (χ3n) is 10.1. The number of likely N-dealkylation sites (tertiary alicyclic amines) is 1. The molecule has 45 heavy (non-hydrogen) atoms. The molecule has 3 amide bonds. The van der Waals surface area contributed by atoms with E-state index in [-0.39, 0.29) is 49.4 Å². The summed E-state index contributed by atoms with van der Waals surface area (Å²) in [6, 6.07) is 12.6. The fraction of sp³-hybridized carbons (Fsp3) is 0.545. The third-order valence-corrected chi connectivity index (χ3v) is 13.1. The number of anilines is 2. The summed E-state index contributed by atoms with van der Waals surface area (Å²) in [6.07, 6.45) is 2.49. The number of nitrogens with zero attached hydrogens (tertiary/aromatic N) is 2. The molecular weight excluding hydrogens is 659 g/mol. The van der Waals surface area contributed by atoms with Crippen molar-refractivity contribution in [2.75, 3.05) is 29.9 Å². The topological polar surface area (TPSA) is 111 Å².